The number of halogens is 1. The number of benzene rings is 1. The number of nitrogens with zero attached hydrogens (tertiary/aromatic N) is 6. The van der Waals surface area contributed by atoms with E-state index < -0.39 is 0 Å². The summed E-state index contributed by atoms with van der Waals surface area (Å²) in [5.74, 6) is 1.64. The number of piperazine rings is 1. The summed E-state index contributed by atoms with van der Waals surface area (Å²) in [4.78, 5) is 13.8. The smallest absolute Gasteiger partial charge is 0.168 e. The molecule has 0 saturated carbocycles. The number of β-amino-alcohol motifs (C(OH)–C–C–N with tert-alkyl or cyclic N) is 1. The first-order valence-corrected chi connectivity index (χ1v) is 9.10. The standard InChI is InChI=1S/C18H21ClN6O/c1-13-21-17(24-7-5-23(6-8-24)9-10-26)16-12-20-25(18(16)22-13)15-4-2-3-14(19)11-15/h2-4,11-12,26H,5-10H2,1H3. The van der Waals surface area contributed by atoms with Gasteiger partial charge in [0.1, 0.15) is 11.6 Å². The van der Waals surface area contributed by atoms with Crippen molar-refractivity contribution in [3.05, 3.63) is 41.3 Å². The van der Waals surface area contributed by atoms with Gasteiger partial charge in [-0.15, -0.1) is 0 Å². The molecule has 0 unspecified atom stereocenters. The van der Waals surface area contributed by atoms with E-state index >= 15 is 0 Å². The summed E-state index contributed by atoms with van der Waals surface area (Å²) >= 11 is 6.13. The number of rotatable bonds is 4. The Hall–Kier alpha value is -2.22. The van der Waals surface area contributed by atoms with Crippen molar-refractivity contribution < 1.29 is 5.11 Å². The Morgan fingerprint density at radius 1 is 1.15 bits per heavy atom. The lowest BCUT2D eigenvalue weighted by Gasteiger charge is -2.35. The molecule has 4 rings (SSSR count). The maximum absolute atomic E-state index is 9.11. The van der Waals surface area contributed by atoms with Crippen molar-refractivity contribution in [3.8, 4) is 5.69 Å². The molecule has 136 valence electrons. The first-order chi connectivity index (χ1) is 12.7. The second-order valence-corrected chi connectivity index (χ2v) is 6.86. The van der Waals surface area contributed by atoms with E-state index in [9.17, 15) is 0 Å². The number of fused-ring (bicyclic) bond motifs is 1. The van der Waals surface area contributed by atoms with E-state index in [1.54, 1.807) is 4.68 Å². The van der Waals surface area contributed by atoms with Gasteiger partial charge < -0.3 is 10.0 Å². The molecule has 1 aliphatic heterocycles. The minimum atomic E-state index is 0.198. The third-order valence-electron chi connectivity index (χ3n) is 4.66. The van der Waals surface area contributed by atoms with Crippen LogP contribution < -0.4 is 4.90 Å². The van der Waals surface area contributed by atoms with Gasteiger partial charge in [-0.2, -0.15) is 5.10 Å². The van der Waals surface area contributed by atoms with Crippen LogP contribution in [0, 0.1) is 6.92 Å². The summed E-state index contributed by atoms with van der Waals surface area (Å²) < 4.78 is 1.81. The van der Waals surface area contributed by atoms with E-state index in [1.165, 1.54) is 0 Å². The van der Waals surface area contributed by atoms with Crippen LogP contribution in [0.1, 0.15) is 5.82 Å². The third kappa shape index (κ3) is 3.25. The molecule has 26 heavy (non-hydrogen) atoms. The molecule has 1 saturated heterocycles. The molecule has 8 heteroatoms. The quantitative estimate of drug-likeness (QED) is 0.754. The highest BCUT2D eigenvalue weighted by Crippen LogP contribution is 2.27. The number of anilines is 1. The Kier molecular flexibility index (Phi) is 4.76. The Morgan fingerprint density at radius 3 is 2.69 bits per heavy atom. The summed E-state index contributed by atoms with van der Waals surface area (Å²) in [6, 6.07) is 7.58. The molecule has 0 radical (unpaired) electrons. The van der Waals surface area contributed by atoms with Gasteiger partial charge in [0, 0.05) is 37.7 Å². The number of aryl methyl sites for hydroxylation is 1. The lowest BCUT2D eigenvalue weighted by Crippen LogP contribution is -2.47. The van der Waals surface area contributed by atoms with Crippen molar-refractivity contribution in [1.29, 1.82) is 0 Å². The van der Waals surface area contributed by atoms with Crippen molar-refractivity contribution in [2.24, 2.45) is 0 Å². The van der Waals surface area contributed by atoms with Crippen LogP contribution in [0.25, 0.3) is 16.7 Å². The zero-order chi connectivity index (χ0) is 18.1. The summed E-state index contributed by atoms with van der Waals surface area (Å²) in [5.41, 5.74) is 1.66. The Morgan fingerprint density at radius 2 is 1.96 bits per heavy atom. The van der Waals surface area contributed by atoms with Gasteiger partial charge in [-0.1, -0.05) is 17.7 Å². The molecular weight excluding hydrogens is 352 g/mol. The van der Waals surface area contributed by atoms with Crippen LogP contribution >= 0.6 is 11.6 Å². The summed E-state index contributed by atoms with van der Waals surface area (Å²) in [7, 11) is 0. The highest BCUT2D eigenvalue weighted by molar-refractivity contribution is 6.30. The minimum absolute atomic E-state index is 0.198. The van der Waals surface area contributed by atoms with Crippen LogP contribution in [0.2, 0.25) is 5.02 Å². The molecular formula is C18H21ClN6O. The van der Waals surface area contributed by atoms with Gasteiger partial charge in [-0.25, -0.2) is 14.6 Å². The van der Waals surface area contributed by atoms with E-state index in [-0.39, 0.29) is 6.61 Å². The third-order valence-corrected chi connectivity index (χ3v) is 4.90. The average molecular weight is 373 g/mol. The SMILES string of the molecule is Cc1nc(N2CCN(CCO)CC2)c2cnn(-c3cccc(Cl)c3)c2n1. The van der Waals surface area contributed by atoms with Crippen LogP contribution in [0.15, 0.2) is 30.5 Å². The number of aliphatic hydroxyl groups excluding tert-OH is 1. The molecule has 0 aliphatic carbocycles. The van der Waals surface area contributed by atoms with Gasteiger partial charge in [-0.3, -0.25) is 4.90 Å². The molecule has 0 bridgehead atoms. The van der Waals surface area contributed by atoms with E-state index in [2.05, 4.69) is 24.9 Å². The average Bonchev–Trinajstić information content (AvgIpc) is 3.06. The monoisotopic (exact) mass is 372 g/mol. The lowest BCUT2D eigenvalue weighted by atomic mass is 10.2. The van der Waals surface area contributed by atoms with Gasteiger partial charge >= 0.3 is 0 Å². The molecule has 1 aliphatic rings. The Balaban J connectivity index is 1.71. The van der Waals surface area contributed by atoms with Gasteiger partial charge in [-0.05, 0) is 25.1 Å². The highest BCUT2D eigenvalue weighted by atomic mass is 35.5. The highest BCUT2D eigenvalue weighted by Gasteiger charge is 2.22. The Labute approximate surface area is 156 Å². The largest absolute Gasteiger partial charge is 0.395 e. The molecule has 3 heterocycles. The zero-order valence-electron chi connectivity index (χ0n) is 14.6. The van der Waals surface area contributed by atoms with Gasteiger partial charge in [0.15, 0.2) is 5.65 Å². The van der Waals surface area contributed by atoms with Crippen molar-refractivity contribution in [2.45, 2.75) is 6.92 Å². The second-order valence-electron chi connectivity index (χ2n) is 6.42. The fourth-order valence-electron chi connectivity index (χ4n) is 3.36. The molecule has 1 N–H and O–H groups in total. The second kappa shape index (κ2) is 7.19. The van der Waals surface area contributed by atoms with Crippen molar-refractivity contribution in [2.75, 3.05) is 44.2 Å². The van der Waals surface area contributed by atoms with Crippen LogP contribution in [-0.2, 0) is 0 Å². The normalized spacial score (nSPS) is 15.7. The van der Waals surface area contributed by atoms with Crippen LogP contribution in [0.4, 0.5) is 5.82 Å². The fraction of sp³-hybridized carbons (Fsp3) is 0.389. The molecule has 2 aromatic heterocycles. The summed E-state index contributed by atoms with van der Waals surface area (Å²) in [6.45, 7) is 6.38. The zero-order valence-corrected chi connectivity index (χ0v) is 15.4. The van der Waals surface area contributed by atoms with E-state index in [4.69, 9.17) is 16.7 Å². The molecule has 3 aromatic rings. The molecule has 0 amide bonds. The van der Waals surface area contributed by atoms with Gasteiger partial charge in [0.25, 0.3) is 0 Å². The van der Waals surface area contributed by atoms with Crippen molar-refractivity contribution >= 4 is 28.5 Å². The molecule has 1 aromatic carbocycles. The number of hydrogen-bond acceptors (Lipinski definition) is 6. The predicted molar refractivity (Wildman–Crippen MR) is 102 cm³/mol. The van der Waals surface area contributed by atoms with Crippen LogP contribution in [0.3, 0.4) is 0 Å². The van der Waals surface area contributed by atoms with E-state index in [0.29, 0.717) is 10.8 Å². The first kappa shape index (κ1) is 17.2. The lowest BCUT2D eigenvalue weighted by molar-refractivity contribution is 0.188. The van der Waals surface area contributed by atoms with Gasteiger partial charge in [0.05, 0.1) is 23.9 Å². The number of hydrogen-bond donors (Lipinski definition) is 1. The maximum Gasteiger partial charge on any atom is 0.168 e. The maximum atomic E-state index is 9.11. The van der Waals surface area contributed by atoms with E-state index in [1.807, 2.05) is 37.4 Å². The molecule has 0 atom stereocenters. The topological polar surface area (TPSA) is 70.3 Å². The predicted octanol–water partition coefficient (Wildman–Crippen LogP) is 1.89. The summed E-state index contributed by atoms with van der Waals surface area (Å²) in [6.07, 6.45) is 1.82. The Bertz CT molecular complexity index is 919. The van der Waals surface area contributed by atoms with E-state index in [0.717, 1.165) is 55.3 Å². The summed E-state index contributed by atoms with van der Waals surface area (Å²) in [5, 5.41) is 15.2. The molecule has 0 spiro atoms. The van der Waals surface area contributed by atoms with Crippen molar-refractivity contribution in [1.82, 2.24) is 24.6 Å². The molecule has 1 fully saturated rings. The number of aromatic nitrogens is 4. The van der Waals surface area contributed by atoms with Gasteiger partial charge in [0.2, 0.25) is 0 Å². The van der Waals surface area contributed by atoms with Crippen LogP contribution in [0.5, 0.6) is 0 Å². The fourth-order valence-corrected chi connectivity index (χ4v) is 3.55. The van der Waals surface area contributed by atoms with Crippen molar-refractivity contribution in [3.63, 3.8) is 0 Å². The minimum Gasteiger partial charge on any atom is -0.395 e. The molecule has 7 nitrogen and oxygen atoms in total. The van der Waals surface area contributed by atoms with Crippen LogP contribution in [-0.4, -0.2) is 69.1 Å². The number of aliphatic hydroxyl groups is 1. The first-order valence-electron chi connectivity index (χ1n) is 8.72.